The third-order valence-electron chi connectivity index (χ3n) is 2.49. The molecule has 0 saturated carbocycles. The average Bonchev–Trinajstić information content (AvgIpc) is 2.88. The van der Waals surface area contributed by atoms with Gasteiger partial charge in [-0.25, -0.2) is 4.79 Å². The molecule has 0 bridgehead atoms. The number of carbonyl (C=O) groups excluding carboxylic acids is 1. The van der Waals surface area contributed by atoms with E-state index < -0.39 is 12.1 Å². The second-order valence-electron chi connectivity index (χ2n) is 3.77. The van der Waals surface area contributed by atoms with E-state index in [2.05, 4.69) is 9.72 Å². The number of carbonyl (C=O) groups is 1. The number of nitrogens with zero attached hydrogens (tertiary/aromatic N) is 1. The molecular formula is C13H13NO4. The molecule has 0 saturated heterocycles. The lowest BCUT2D eigenvalue weighted by molar-refractivity contribution is 0.0555. The number of pyridine rings is 1. The van der Waals surface area contributed by atoms with E-state index in [-0.39, 0.29) is 5.76 Å². The first-order valence-electron chi connectivity index (χ1n) is 5.45. The quantitative estimate of drug-likeness (QED) is 0.833. The van der Waals surface area contributed by atoms with Gasteiger partial charge in [0.15, 0.2) is 0 Å². The lowest BCUT2D eigenvalue weighted by Gasteiger charge is -2.07. The third kappa shape index (κ3) is 2.75. The van der Waals surface area contributed by atoms with Crippen molar-refractivity contribution in [3.8, 4) is 0 Å². The average molecular weight is 247 g/mol. The zero-order valence-corrected chi connectivity index (χ0v) is 9.87. The number of aromatic nitrogens is 1. The first-order valence-corrected chi connectivity index (χ1v) is 5.45. The van der Waals surface area contributed by atoms with Crippen molar-refractivity contribution in [2.24, 2.45) is 0 Å². The molecular weight excluding hydrogens is 234 g/mol. The number of hydrogen-bond donors (Lipinski definition) is 1. The molecule has 0 aliphatic rings. The van der Waals surface area contributed by atoms with E-state index in [1.165, 1.54) is 13.2 Å². The summed E-state index contributed by atoms with van der Waals surface area (Å²) in [6, 6.07) is 6.70. The van der Waals surface area contributed by atoms with E-state index in [0.717, 1.165) is 5.56 Å². The highest BCUT2D eigenvalue weighted by Crippen LogP contribution is 2.20. The smallest absolute Gasteiger partial charge is 0.373 e. The van der Waals surface area contributed by atoms with E-state index >= 15 is 0 Å². The molecule has 1 N–H and O–H groups in total. The van der Waals surface area contributed by atoms with Crippen molar-refractivity contribution >= 4 is 5.97 Å². The fourth-order valence-corrected chi connectivity index (χ4v) is 1.58. The van der Waals surface area contributed by atoms with Crippen LogP contribution in [0.3, 0.4) is 0 Å². The molecule has 0 amide bonds. The first kappa shape index (κ1) is 12.3. The molecule has 0 aromatic carbocycles. The van der Waals surface area contributed by atoms with Crippen LogP contribution in [0.1, 0.15) is 28.0 Å². The van der Waals surface area contributed by atoms with Crippen molar-refractivity contribution in [2.45, 2.75) is 12.5 Å². The van der Waals surface area contributed by atoms with Crippen molar-refractivity contribution in [3.05, 3.63) is 53.7 Å². The van der Waals surface area contributed by atoms with Gasteiger partial charge in [-0.15, -0.1) is 0 Å². The van der Waals surface area contributed by atoms with Gasteiger partial charge in [-0.05, 0) is 23.8 Å². The van der Waals surface area contributed by atoms with Crippen LogP contribution in [-0.4, -0.2) is 23.2 Å². The van der Waals surface area contributed by atoms with Crippen molar-refractivity contribution in [3.63, 3.8) is 0 Å². The Kier molecular flexibility index (Phi) is 3.74. The van der Waals surface area contributed by atoms with Crippen molar-refractivity contribution in [1.29, 1.82) is 0 Å². The van der Waals surface area contributed by atoms with Crippen LogP contribution >= 0.6 is 0 Å². The Hall–Kier alpha value is -2.14. The minimum absolute atomic E-state index is 0.0812. The maximum atomic E-state index is 11.2. The highest BCUT2D eigenvalue weighted by Gasteiger charge is 2.16. The van der Waals surface area contributed by atoms with Crippen LogP contribution in [0.5, 0.6) is 0 Å². The third-order valence-corrected chi connectivity index (χ3v) is 2.49. The van der Waals surface area contributed by atoms with Gasteiger partial charge in [0.1, 0.15) is 11.9 Å². The highest BCUT2D eigenvalue weighted by molar-refractivity contribution is 5.86. The fraction of sp³-hybridized carbons (Fsp3) is 0.231. The van der Waals surface area contributed by atoms with Crippen LogP contribution in [0.25, 0.3) is 0 Å². The standard InChI is InChI=1S/C13H13NO4/c1-17-13(16)12-5-4-11(18-12)10(15)7-9-3-2-6-14-8-9/h2-6,8,10,15H,7H2,1H3. The lowest BCUT2D eigenvalue weighted by atomic mass is 10.1. The second kappa shape index (κ2) is 5.46. The van der Waals surface area contributed by atoms with Crippen LogP contribution in [0.15, 0.2) is 41.1 Å². The van der Waals surface area contributed by atoms with Gasteiger partial charge in [-0.1, -0.05) is 6.07 Å². The summed E-state index contributed by atoms with van der Waals surface area (Å²) in [6.45, 7) is 0. The highest BCUT2D eigenvalue weighted by atomic mass is 16.5. The summed E-state index contributed by atoms with van der Waals surface area (Å²) in [6.07, 6.45) is 2.90. The predicted octanol–water partition coefficient (Wildman–Crippen LogP) is 1.74. The molecule has 1 atom stereocenters. The number of methoxy groups -OCH3 is 1. The molecule has 2 aromatic heterocycles. The normalized spacial score (nSPS) is 12.1. The van der Waals surface area contributed by atoms with Gasteiger partial charge < -0.3 is 14.3 Å². The number of hydrogen-bond acceptors (Lipinski definition) is 5. The molecule has 5 heteroatoms. The Morgan fingerprint density at radius 1 is 1.50 bits per heavy atom. The van der Waals surface area contributed by atoms with Crippen LogP contribution in [-0.2, 0) is 11.2 Å². The van der Waals surface area contributed by atoms with Crippen LogP contribution < -0.4 is 0 Å². The molecule has 0 fully saturated rings. The number of aliphatic hydroxyl groups is 1. The Bertz CT molecular complexity index is 521. The summed E-state index contributed by atoms with van der Waals surface area (Å²) in [4.78, 5) is 15.2. The van der Waals surface area contributed by atoms with Crippen molar-refractivity contribution < 1.29 is 19.1 Å². The van der Waals surface area contributed by atoms with Crippen LogP contribution in [0.4, 0.5) is 0 Å². The molecule has 0 spiro atoms. The number of furan rings is 1. The molecule has 94 valence electrons. The Labute approximate surface area is 104 Å². The van der Waals surface area contributed by atoms with E-state index in [1.807, 2.05) is 6.07 Å². The zero-order valence-electron chi connectivity index (χ0n) is 9.87. The minimum Gasteiger partial charge on any atom is -0.463 e. The number of esters is 1. The summed E-state index contributed by atoms with van der Waals surface area (Å²) in [5.74, 6) is -0.146. The SMILES string of the molecule is COC(=O)c1ccc(C(O)Cc2cccnc2)o1. The van der Waals surface area contributed by atoms with Gasteiger partial charge in [0.05, 0.1) is 7.11 Å². The summed E-state index contributed by atoms with van der Waals surface area (Å²) < 4.78 is 9.75. The maximum absolute atomic E-state index is 11.2. The van der Waals surface area contributed by atoms with Crippen molar-refractivity contribution in [2.75, 3.05) is 7.11 Å². The lowest BCUT2D eigenvalue weighted by Crippen LogP contribution is -2.02. The van der Waals surface area contributed by atoms with Gasteiger partial charge in [0.2, 0.25) is 5.76 Å². The topological polar surface area (TPSA) is 72.6 Å². The Morgan fingerprint density at radius 3 is 3.00 bits per heavy atom. The van der Waals surface area contributed by atoms with Gasteiger partial charge in [0.25, 0.3) is 0 Å². The largest absolute Gasteiger partial charge is 0.463 e. The van der Waals surface area contributed by atoms with E-state index in [0.29, 0.717) is 12.2 Å². The minimum atomic E-state index is -0.812. The summed E-state index contributed by atoms with van der Waals surface area (Å²) in [7, 11) is 1.27. The fourth-order valence-electron chi connectivity index (χ4n) is 1.58. The monoisotopic (exact) mass is 247 g/mol. The number of ether oxygens (including phenoxy) is 1. The van der Waals surface area contributed by atoms with Gasteiger partial charge >= 0.3 is 5.97 Å². The molecule has 0 aliphatic carbocycles. The predicted molar refractivity (Wildman–Crippen MR) is 62.9 cm³/mol. The summed E-state index contributed by atoms with van der Waals surface area (Å²) in [5, 5.41) is 9.97. The first-order chi connectivity index (χ1) is 8.70. The molecule has 1 unspecified atom stereocenters. The Morgan fingerprint density at radius 2 is 2.33 bits per heavy atom. The van der Waals surface area contributed by atoms with Crippen LogP contribution in [0, 0.1) is 0 Å². The molecule has 5 nitrogen and oxygen atoms in total. The van der Waals surface area contributed by atoms with E-state index in [9.17, 15) is 9.90 Å². The number of rotatable bonds is 4. The molecule has 2 heterocycles. The molecule has 18 heavy (non-hydrogen) atoms. The van der Waals surface area contributed by atoms with Crippen LogP contribution in [0.2, 0.25) is 0 Å². The van der Waals surface area contributed by atoms with Crippen molar-refractivity contribution in [1.82, 2.24) is 4.98 Å². The summed E-state index contributed by atoms with van der Waals surface area (Å²) in [5.41, 5.74) is 0.890. The maximum Gasteiger partial charge on any atom is 0.373 e. The summed E-state index contributed by atoms with van der Waals surface area (Å²) >= 11 is 0. The molecule has 2 rings (SSSR count). The van der Waals surface area contributed by atoms with Gasteiger partial charge in [-0.3, -0.25) is 4.98 Å². The van der Waals surface area contributed by atoms with Gasteiger partial charge in [0, 0.05) is 18.8 Å². The Balaban J connectivity index is 2.07. The molecule has 0 aliphatic heterocycles. The zero-order chi connectivity index (χ0) is 13.0. The molecule has 2 aromatic rings. The number of aliphatic hydroxyl groups excluding tert-OH is 1. The van der Waals surface area contributed by atoms with E-state index in [1.54, 1.807) is 24.5 Å². The second-order valence-corrected chi connectivity index (χ2v) is 3.77. The van der Waals surface area contributed by atoms with Gasteiger partial charge in [-0.2, -0.15) is 0 Å². The van der Waals surface area contributed by atoms with E-state index in [4.69, 9.17) is 4.42 Å². The molecule has 0 radical (unpaired) electrons.